The molecule has 0 fully saturated rings. The molecule has 28 heavy (non-hydrogen) atoms. The van der Waals surface area contributed by atoms with E-state index in [0.29, 0.717) is 0 Å². The lowest BCUT2D eigenvalue weighted by molar-refractivity contribution is -0.122. The molecule has 0 rings (SSSR count). The molecule has 1 amide bonds. The summed E-state index contributed by atoms with van der Waals surface area (Å²) in [6.45, 7) is 4.52. The standard InChI is InChI=1S/C26H51NO/c1-3-5-7-9-11-12-13-14-15-16-17-18-20-22-24-25(26(27)28)23-21-19-10-8-6-4-2/h14-15,25H,3-13,16-24H2,1-2H3,(H2,27,28)/b15-14-. The summed E-state index contributed by atoms with van der Waals surface area (Å²) < 4.78 is 0. The highest BCUT2D eigenvalue weighted by molar-refractivity contribution is 5.76. The Morgan fingerprint density at radius 3 is 1.36 bits per heavy atom. The molecule has 2 N–H and O–H groups in total. The minimum atomic E-state index is -0.0776. The van der Waals surface area contributed by atoms with E-state index < -0.39 is 0 Å². The maximum atomic E-state index is 11.6. The van der Waals surface area contributed by atoms with Crippen LogP contribution in [0, 0.1) is 5.92 Å². The third-order valence-electron chi connectivity index (χ3n) is 5.87. The van der Waals surface area contributed by atoms with Crippen LogP contribution in [-0.2, 0) is 4.79 Å². The average Bonchev–Trinajstić information content (AvgIpc) is 2.68. The molecule has 0 radical (unpaired) electrons. The highest BCUT2D eigenvalue weighted by Gasteiger charge is 2.14. The smallest absolute Gasteiger partial charge is 0.220 e. The minimum absolute atomic E-state index is 0.0776. The SMILES string of the molecule is CCCCCCCC/C=C\CCCCCCC(CCCCCCCC)C(N)=O. The largest absolute Gasteiger partial charge is 0.369 e. The third kappa shape index (κ3) is 20.0. The van der Waals surface area contributed by atoms with Gasteiger partial charge in [-0.2, -0.15) is 0 Å². The van der Waals surface area contributed by atoms with Crippen LogP contribution in [0.4, 0.5) is 0 Å². The van der Waals surface area contributed by atoms with Crippen LogP contribution in [0.3, 0.4) is 0 Å². The van der Waals surface area contributed by atoms with Crippen molar-refractivity contribution in [2.45, 2.75) is 142 Å². The Kier molecular flexibility index (Phi) is 21.9. The van der Waals surface area contributed by atoms with Crippen molar-refractivity contribution in [3.05, 3.63) is 12.2 Å². The van der Waals surface area contributed by atoms with Crippen molar-refractivity contribution in [2.24, 2.45) is 11.7 Å². The molecule has 0 bridgehead atoms. The first kappa shape index (κ1) is 27.2. The van der Waals surface area contributed by atoms with E-state index in [1.54, 1.807) is 0 Å². The van der Waals surface area contributed by atoms with Gasteiger partial charge in [0.1, 0.15) is 0 Å². The Morgan fingerprint density at radius 2 is 0.964 bits per heavy atom. The van der Waals surface area contributed by atoms with Crippen molar-refractivity contribution in [3.8, 4) is 0 Å². The molecule has 0 aromatic rings. The molecule has 0 aromatic carbocycles. The molecule has 2 nitrogen and oxygen atoms in total. The van der Waals surface area contributed by atoms with Gasteiger partial charge in [-0.1, -0.05) is 116 Å². The van der Waals surface area contributed by atoms with Crippen molar-refractivity contribution < 1.29 is 4.79 Å². The van der Waals surface area contributed by atoms with Gasteiger partial charge in [0.25, 0.3) is 0 Å². The van der Waals surface area contributed by atoms with Crippen molar-refractivity contribution in [3.63, 3.8) is 0 Å². The zero-order chi connectivity index (χ0) is 20.7. The molecule has 0 saturated carbocycles. The van der Waals surface area contributed by atoms with Crippen LogP contribution in [0.15, 0.2) is 12.2 Å². The monoisotopic (exact) mass is 393 g/mol. The molecular formula is C26H51NO. The Morgan fingerprint density at radius 1 is 0.607 bits per heavy atom. The topological polar surface area (TPSA) is 43.1 Å². The van der Waals surface area contributed by atoms with E-state index in [-0.39, 0.29) is 11.8 Å². The number of nitrogens with two attached hydrogens (primary N) is 1. The molecule has 0 aliphatic carbocycles. The predicted octanol–water partition coefficient (Wildman–Crippen LogP) is 8.49. The highest BCUT2D eigenvalue weighted by atomic mass is 16.1. The Labute approximate surface area is 177 Å². The molecule has 0 aliphatic rings. The first-order valence-electron chi connectivity index (χ1n) is 12.7. The number of primary amides is 1. The second kappa shape index (κ2) is 22.5. The van der Waals surface area contributed by atoms with Crippen LogP contribution in [0.5, 0.6) is 0 Å². The number of allylic oxidation sites excluding steroid dienone is 2. The summed E-state index contributed by atoms with van der Waals surface area (Å²) in [5.74, 6) is 0.0367. The summed E-state index contributed by atoms with van der Waals surface area (Å²) in [5.41, 5.74) is 5.61. The summed E-state index contributed by atoms with van der Waals surface area (Å²) in [6.07, 6.45) is 30.2. The van der Waals surface area contributed by atoms with Crippen molar-refractivity contribution in [1.82, 2.24) is 0 Å². The molecule has 2 heteroatoms. The number of unbranched alkanes of at least 4 members (excludes halogenated alkanes) is 15. The quantitative estimate of drug-likeness (QED) is 0.145. The molecule has 1 atom stereocenters. The summed E-state index contributed by atoms with van der Waals surface area (Å²) >= 11 is 0. The Balaban J connectivity index is 3.47. The van der Waals surface area contributed by atoms with E-state index in [1.807, 2.05) is 0 Å². The Hall–Kier alpha value is -0.790. The van der Waals surface area contributed by atoms with Crippen LogP contribution in [0.1, 0.15) is 142 Å². The van der Waals surface area contributed by atoms with Crippen molar-refractivity contribution in [2.75, 3.05) is 0 Å². The van der Waals surface area contributed by atoms with Gasteiger partial charge in [0, 0.05) is 5.92 Å². The number of amides is 1. The molecule has 1 unspecified atom stereocenters. The van der Waals surface area contributed by atoms with E-state index in [2.05, 4.69) is 26.0 Å². The van der Waals surface area contributed by atoms with Crippen molar-refractivity contribution >= 4 is 5.91 Å². The molecule has 0 heterocycles. The number of carbonyl (C=O) groups excluding carboxylic acids is 1. The summed E-state index contributed by atoms with van der Waals surface area (Å²) in [7, 11) is 0. The van der Waals surface area contributed by atoms with Gasteiger partial charge in [-0.25, -0.2) is 0 Å². The molecule has 166 valence electrons. The van der Waals surface area contributed by atoms with E-state index in [1.165, 1.54) is 109 Å². The zero-order valence-corrected chi connectivity index (χ0v) is 19.4. The third-order valence-corrected chi connectivity index (χ3v) is 5.87. The number of hydrogen-bond donors (Lipinski definition) is 1. The first-order valence-corrected chi connectivity index (χ1v) is 12.7. The van der Waals surface area contributed by atoms with E-state index >= 15 is 0 Å². The van der Waals surface area contributed by atoms with Crippen LogP contribution in [0.25, 0.3) is 0 Å². The van der Waals surface area contributed by atoms with Crippen molar-refractivity contribution in [1.29, 1.82) is 0 Å². The first-order chi connectivity index (χ1) is 13.7. The fraction of sp³-hybridized carbons (Fsp3) is 0.885. The fourth-order valence-electron chi connectivity index (χ4n) is 3.88. The second-order valence-electron chi connectivity index (χ2n) is 8.68. The van der Waals surface area contributed by atoms with Crippen LogP contribution >= 0.6 is 0 Å². The molecule has 0 aromatic heterocycles. The van der Waals surface area contributed by atoms with Gasteiger partial charge in [-0.3, -0.25) is 4.79 Å². The molecule has 0 spiro atoms. The lowest BCUT2D eigenvalue weighted by Gasteiger charge is -2.13. The number of carbonyl (C=O) groups is 1. The molecular weight excluding hydrogens is 342 g/mol. The van der Waals surface area contributed by atoms with Gasteiger partial charge in [0.15, 0.2) is 0 Å². The van der Waals surface area contributed by atoms with Crippen LogP contribution in [-0.4, -0.2) is 5.91 Å². The van der Waals surface area contributed by atoms with E-state index in [4.69, 9.17) is 5.73 Å². The maximum Gasteiger partial charge on any atom is 0.220 e. The lowest BCUT2D eigenvalue weighted by Crippen LogP contribution is -2.23. The van der Waals surface area contributed by atoms with Gasteiger partial charge in [0.2, 0.25) is 5.91 Å². The fourth-order valence-corrected chi connectivity index (χ4v) is 3.88. The lowest BCUT2D eigenvalue weighted by atomic mass is 9.93. The van der Waals surface area contributed by atoms with E-state index in [9.17, 15) is 4.79 Å². The normalized spacial score (nSPS) is 12.6. The van der Waals surface area contributed by atoms with E-state index in [0.717, 1.165) is 19.3 Å². The van der Waals surface area contributed by atoms with Crippen LogP contribution < -0.4 is 5.73 Å². The number of rotatable bonds is 22. The minimum Gasteiger partial charge on any atom is -0.369 e. The van der Waals surface area contributed by atoms with Gasteiger partial charge in [-0.15, -0.1) is 0 Å². The highest BCUT2D eigenvalue weighted by Crippen LogP contribution is 2.19. The van der Waals surface area contributed by atoms with Gasteiger partial charge >= 0.3 is 0 Å². The van der Waals surface area contributed by atoms with Gasteiger partial charge < -0.3 is 5.73 Å². The summed E-state index contributed by atoms with van der Waals surface area (Å²) in [5, 5.41) is 0. The Bertz CT molecular complexity index is 350. The zero-order valence-electron chi connectivity index (χ0n) is 19.4. The maximum absolute atomic E-state index is 11.6. The van der Waals surface area contributed by atoms with Gasteiger partial charge in [-0.05, 0) is 38.5 Å². The average molecular weight is 394 g/mol. The molecule has 0 aliphatic heterocycles. The summed E-state index contributed by atoms with van der Waals surface area (Å²) in [4.78, 5) is 11.6. The number of hydrogen-bond acceptors (Lipinski definition) is 1. The van der Waals surface area contributed by atoms with Crippen LogP contribution in [0.2, 0.25) is 0 Å². The second-order valence-corrected chi connectivity index (χ2v) is 8.68. The predicted molar refractivity (Wildman–Crippen MR) is 126 cm³/mol. The molecule has 0 saturated heterocycles. The summed E-state index contributed by atoms with van der Waals surface area (Å²) in [6, 6.07) is 0. The van der Waals surface area contributed by atoms with Gasteiger partial charge in [0.05, 0.1) is 0 Å².